The zero-order valence-corrected chi connectivity index (χ0v) is 19.0. The average molecular weight is 443 g/mol. The van der Waals surface area contributed by atoms with E-state index >= 15 is 0 Å². The molecular formula is C21H31ClN2O4S. The number of hydrogen-bond acceptors (Lipinski definition) is 5. The molecule has 2 fully saturated rings. The number of nitrogens with one attached hydrogen (secondary N) is 1. The highest BCUT2D eigenvalue weighted by Crippen LogP contribution is 2.32. The normalized spacial score (nSPS) is 24.6. The Morgan fingerprint density at radius 3 is 2.59 bits per heavy atom. The molecule has 0 bridgehead atoms. The Labute approximate surface area is 178 Å². The molecule has 1 aromatic carbocycles. The third kappa shape index (κ3) is 5.64. The topological polar surface area (TPSA) is 75.7 Å². The van der Waals surface area contributed by atoms with Crippen molar-refractivity contribution in [2.75, 3.05) is 31.2 Å². The van der Waals surface area contributed by atoms with Crippen molar-refractivity contribution in [2.24, 2.45) is 0 Å². The molecular weight excluding hydrogens is 412 g/mol. The smallest absolute Gasteiger partial charge is 0.258 e. The van der Waals surface area contributed by atoms with Crippen LogP contribution in [0.2, 0.25) is 5.02 Å². The van der Waals surface area contributed by atoms with Gasteiger partial charge in [0.25, 0.3) is 5.91 Å². The van der Waals surface area contributed by atoms with E-state index in [-0.39, 0.29) is 42.0 Å². The van der Waals surface area contributed by atoms with Gasteiger partial charge in [0.1, 0.15) is 5.75 Å². The summed E-state index contributed by atoms with van der Waals surface area (Å²) in [6, 6.07) is 3.20. The van der Waals surface area contributed by atoms with Gasteiger partial charge in [0, 0.05) is 11.1 Å². The molecule has 8 heteroatoms. The number of amides is 1. The number of hydrogen-bond donors (Lipinski definition) is 1. The van der Waals surface area contributed by atoms with Gasteiger partial charge in [0.15, 0.2) is 16.4 Å². The molecule has 0 aliphatic carbocycles. The molecule has 3 rings (SSSR count). The van der Waals surface area contributed by atoms with E-state index < -0.39 is 9.84 Å². The van der Waals surface area contributed by atoms with Crippen molar-refractivity contribution >= 4 is 27.3 Å². The van der Waals surface area contributed by atoms with Gasteiger partial charge in [-0.25, -0.2) is 8.42 Å². The minimum atomic E-state index is -3.15. The lowest BCUT2D eigenvalue weighted by atomic mass is 10.0. The Morgan fingerprint density at radius 2 is 1.93 bits per heavy atom. The first-order valence-corrected chi connectivity index (χ1v) is 12.5. The van der Waals surface area contributed by atoms with Crippen LogP contribution >= 0.6 is 11.6 Å². The zero-order valence-electron chi connectivity index (χ0n) is 17.4. The molecule has 2 atom stereocenters. The van der Waals surface area contributed by atoms with Gasteiger partial charge in [-0.2, -0.15) is 0 Å². The van der Waals surface area contributed by atoms with Gasteiger partial charge >= 0.3 is 0 Å². The number of carbonyl (C=O) groups excluding carboxylic acids is 1. The van der Waals surface area contributed by atoms with Gasteiger partial charge in [-0.05, 0) is 62.0 Å². The second-order valence-corrected chi connectivity index (χ2v) is 11.1. The summed E-state index contributed by atoms with van der Waals surface area (Å²) in [4.78, 5) is 14.8. The number of sulfone groups is 1. The van der Waals surface area contributed by atoms with E-state index in [2.05, 4.69) is 10.2 Å². The summed E-state index contributed by atoms with van der Waals surface area (Å²) in [6.45, 7) is 7.62. The lowest BCUT2D eigenvalue weighted by molar-refractivity contribution is -0.124. The van der Waals surface area contributed by atoms with Crippen molar-refractivity contribution < 1.29 is 17.9 Å². The molecule has 162 valence electrons. The molecule has 2 aliphatic heterocycles. The van der Waals surface area contributed by atoms with Crippen LogP contribution in [-0.4, -0.2) is 62.5 Å². The molecule has 2 saturated heterocycles. The highest BCUT2D eigenvalue weighted by atomic mass is 35.5. The number of nitrogens with zero attached hydrogens (tertiary/aromatic N) is 1. The van der Waals surface area contributed by atoms with E-state index in [1.807, 2.05) is 32.9 Å². The minimum absolute atomic E-state index is 0.00277. The van der Waals surface area contributed by atoms with Gasteiger partial charge in [0.05, 0.1) is 17.5 Å². The summed E-state index contributed by atoms with van der Waals surface area (Å²) >= 11 is 6.23. The molecule has 2 unspecified atom stereocenters. The molecule has 1 aromatic rings. The summed E-state index contributed by atoms with van der Waals surface area (Å²) in [5.41, 5.74) is 1.83. The van der Waals surface area contributed by atoms with Crippen LogP contribution in [0.15, 0.2) is 12.1 Å². The third-order valence-corrected chi connectivity index (χ3v) is 7.92. The van der Waals surface area contributed by atoms with E-state index in [4.69, 9.17) is 16.3 Å². The quantitative estimate of drug-likeness (QED) is 0.733. The lowest BCUT2D eigenvalue weighted by Crippen LogP contribution is -2.53. The summed E-state index contributed by atoms with van der Waals surface area (Å²) in [5, 5.41) is 3.59. The molecule has 0 spiro atoms. The number of carbonyl (C=O) groups is 1. The van der Waals surface area contributed by atoms with Crippen molar-refractivity contribution in [2.45, 2.75) is 58.0 Å². The van der Waals surface area contributed by atoms with E-state index in [0.717, 1.165) is 37.1 Å². The van der Waals surface area contributed by atoms with Crippen molar-refractivity contribution in [3.63, 3.8) is 0 Å². The fraction of sp³-hybridized carbons (Fsp3) is 0.667. The molecule has 0 saturated carbocycles. The van der Waals surface area contributed by atoms with Gasteiger partial charge in [-0.1, -0.05) is 31.9 Å². The molecule has 1 amide bonds. The van der Waals surface area contributed by atoms with E-state index in [9.17, 15) is 13.2 Å². The summed E-state index contributed by atoms with van der Waals surface area (Å²) in [7, 11) is -3.15. The lowest BCUT2D eigenvalue weighted by Gasteiger charge is -2.35. The maximum absolute atomic E-state index is 12.6. The molecule has 0 radical (unpaired) electrons. The maximum Gasteiger partial charge on any atom is 0.258 e. The van der Waals surface area contributed by atoms with E-state index in [0.29, 0.717) is 10.8 Å². The predicted octanol–water partition coefficient (Wildman–Crippen LogP) is 2.92. The SMILES string of the molecule is Cc1cc(OCC(=O)NC2CS(=O)(=O)CC2N2CCCCC2)c(C(C)C)cc1Cl. The number of ether oxygens (including phenoxy) is 1. The molecule has 0 aromatic heterocycles. The van der Waals surface area contributed by atoms with Crippen LogP contribution in [0.25, 0.3) is 0 Å². The average Bonchev–Trinajstić information content (AvgIpc) is 2.97. The van der Waals surface area contributed by atoms with Gasteiger partial charge in [-0.3, -0.25) is 9.69 Å². The van der Waals surface area contributed by atoms with E-state index in [1.54, 1.807) is 0 Å². The van der Waals surface area contributed by atoms with Gasteiger partial charge in [-0.15, -0.1) is 0 Å². The Hall–Kier alpha value is -1.31. The van der Waals surface area contributed by atoms with Crippen LogP contribution < -0.4 is 10.1 Å². The summed E-state index contributed by atoms with van der Waals surface area (Å²) in [5.74, 6) is 0.666. The Kier molecular flexibility index (Phi) is 7.12. The van der Waals surface area contributed by atoms with Crippen LogP contribution in [0.4, 0.5) is 0 Å². The molecule has 1 N–H and O–H groups in total. The summed E-state index contributed by atoms with van der Waals surface area (Å²) in [6.07, 6.45) is 3.34. The van der Waals surface area contributed by atoms with Crippen LogP contribution in [0.3, 0.4) is 0 Å². The first-order chi connectivity index (χ1) is 13.7. The molecule has 2 aliphatic rings. The van der Waals surface area contributed by atoms with Gasteiger partial charge < -0.3 is 10.1 Å². The number of aryl methyl sites for hydroxylation is 1. The molecule has 6 nitrogen and oxygen atoms in total. The summed E-state index contributed by atoms with van der Waals surface area (Å²) < 4.78 is 30.2. The Morgan fingerprint density at radius 1 is 1.24 bits per heavy atom. The number of likely N-dealkylation sites (tertiary alicyclic amines) is 1. The number of halogens is 1. The first kappa shape index (κ1) is 22.4. The maximum atomic E-state index is 12.6. The van der Waals surface area contributed by atoms with Crippen LogP contribution in [-0.2, 0) is 14.6 Å². The Bertz CT molecular complexity index is 850. The van der Waals surface area contributed by atoms with Crippen LogP contribution in [0.5, 0.6) is 5.75 Å². The predicted molar refractivity (Wildman–Crippen MR) is 116 cm³/mol. The molecule has 29 heavy (non-hydrogen) atoms. The minimum Gasteiger partial charge on any atom is -0.483 e. The Balaban J connectivity index is 1.65. The first-order valence-electron chi connectivity index (χ1n) is 10.3. The van der Waals surface area contributed by atoms with E-state index in [1.165, 1.54) is 6.42 Å². The number of rotatable bonds is 6. The van der Waals surface area contributed by atoms with Crippen molar-refractivity contribution in [3.8, 4) is 5.75 Å². The fourth-order valence-electron chi connectivity index (χ4n) is 4.22. The monoisotopic (exact) mass is 442 g/mol. The van der Waals surface area contributed by atoms with Gasteiger partial charge in [0.2, 0.25) is 0 Å². The third-order valence-electron chi connectivity index (χ3n) is 5.80. The standard InChI is InChI=1S/C21H31ClN2O4S/c1-14(2)16-10-17(22)15(3)9-20(16)28-11-21(25)23-18-12-29(26,27)13-19(18)24-7-5-4-6-8-24/h9-10,14,18-19H,4-8,11-13H2,1-3H3,(H,23,25). The van der Waals surface area contributed by atoms with Crippen LogP contribution in [0.1, 0.15) is 50.2 Å². The highest BCUT2D eigenvalue weighted by molar-refractivity contribution is 7.91. The van der Waals surface area contributed by atoms with Crippen molar-refractivity contribution in [1.29, 1.82) is 0 Å². The molecule has 2 heterocycles. The second kappa shape index (κ2) is 9.23. The zero-order chi connectivity index (χ0) is 21.2. The fourth-order valence-corrected chi connectivity index (χ4v) is 6.34. The largest absolute Gasteiger partial charge is 0.483 e. The van der Waals surface area contributed by atoms with Crippen molar-refractivity contribution in [3.05, 3.63) is 28.3 Å². The number of piperidine rings is 1. The number of benzene rings is 1. The van der Waals surface area contributed by atoms with Crippen molar-refractivity contribution in [1.82, 2.24) is 10.2 Å². The second-order valence-electron chi connectivity index (χ2n) is 8.50. The highest BCUT2D eigenvalue weighted by Gasteiger charge is 2.41. The van der Waals surface area contributed by atoms with Crippen LogP contribution in [0, 0.1) is 6.92 Å².